The molecule has 0 N–H and O–H groups in total. The van der Waals surface area contributed by atoms with E-state index in [9.17, 15) is 0 Å². The van der Waals surface area contributed by atoms with Gasteiger partial charge in [-0.1, -0.05) is 62.4 Å². The maximum Gasteiger partial charge on any atom is 0.0747 e. The van der Waals surface area contributed by atoms with Gasteiger partial charge in [-0.25, -0.2) is 0 Å². The molecule has 0 nitrogen and oxygen atoms in total. The summed E-state index contributed by atoms with van der Waals surface area (Å²) in [5.41, 5.74) is 0.167. The van der Waals surface area contributed by atoms with E-state index in [1.54, 1.807) is 5.20 Å². The highest BCUT2D eigenvalue weighted by atomic mass is 35.5. The van der Waals surface area contributed by atoms with Crippen LogP contribution in [0.4, 0.5) is 0 Å². The Morgan fingerprint density at radius 2 is 1.87 bits per heavy atom. The van der Waals surface area contributed by atoms with Gasteiger partial charge < -0.3 is 0 Å². The lowest BCUT2D eigenvalue weighted by Crippen LogP contribution is -2.37. The highest BCUT2D eigenvalue weighted by molar-refractivity contribution is 6.84. The van der Waals surface area contributed by atoms with Gasteiger partial charge in [0.05, 0.1) is 8.07 Å². The SMILES string of the molecule is CC1(C)C(Cl)=C([Si](C)(C)C)[C@H]2C=C[C@@H]1C2. The molecule has 2 heteroatoms. The van der Waals surface area contributed by atoms with Crippen molar-refractivity contribution in [2.45, 2.75) is 39.9 Å². The highest BCUT2D eigenvalue weighted by Gasteiger charge is 2.45. The van der Waals surface area contributed by atoms with Crippen LogP contribution in [0.15, 0.2) is 22.4 Å². The molecule has 0 aliphatic heterocycles. The first-order chi connectivity index (χ1) is 6.74. The highest BCUT2D eigenvalue weighted by Crippen LogP contribution is 2.54. The molecule has 0 heterocycles. The average Bonchev–Trinajstić information content (AvgIpc) is 2.46. The lowest BCUT2D eigenvalue weighted by molar-refractivity contribution is 0.297. The molecule has 0 saturated heterocycles. The van der Waals surface area contributed by atoms with Crippen LogP contribution in [-0.2, 0) is 0 Å². The molecule has 15 heavy (non-hydrogen) atoms. The van der Waals surface area contributed by atoms with Gasteiger partial charge in [0.25, 0.3) is 0 Å². The van der Waals surface area contributed by atoms with E-state index in [1.807, 2.05) is 0 Å². The van der Waals surface area contributed by atoms with Crippen LogP contribution in [0.1, 0.15) is 20.3 Å². The molecule has 0 aromatic carbocycles. The topological polar surface area (TPSA) is 0 Å². The molecular formula is C13H21ClSi. The van der Waals surface area contributed by atoms with Crippen LogP contribution in [0.25, 0.3) is 0 Å². The van der Waals surface area contributed by atoms with Gasteiger partial charge in [-0.2, -0.15) is 0 Å². The van der Waals surface area contributed by atoms with E-state index in [-0.39, 0.29) is 5.41 Å². The van der Waals surface area contributed by atoms with Gasteiger partial charge in [0, 0.05) is 10.4 Å². The Hall–Kier alpha value is -0.0131. The van der Waals surface area contributed by atoms with Crippen molar-refractivity contribution in [3.63, 3.8) is 0 Å². The molecule has 0 radical (unpaired) electrons. The summed E-state index contributed by atoms with van der Waals surface area (Å²) in [6.45, 7) is 11.8. The Bertz CT molecular complexity index is 344. The minimum Gasteiger partial charge on any atom is -0.0890 e. The van der Waals surface area contributed by atoms with E-state index in [0.29, 0.717) is 11.8 Å². The molecule has 0 spiro atoms. The lowest BCUT2D eigenvalue weighted by atomic mass is 9.73. The second kappa shape index (κ2) is 3.24. The number of allylic oxidation sites excluding steroid dienone is 4. The van der Waals surface area contributed by atoms with Gasteiger partial charge in [0.2, 0.25) is 0 Å². The Balaban J connectivity index is 2.56. The molecule has 84 valence electrons. The molecular weight excluding hydrogens is 220 g/mol. The summed E-state index contributed by atoms with van der Waals surface area (Å²) in [4.78, 5) is 0. The van der Waals surface area contributed by atoms with Crippen molar-refractivity contribution in [1.82, 2.24) is 0 Å². The molecule has 2 atom stereocenters. The summed E-state index contributed by atoms with van der Waals surface area (Å²) in [6, 6.07) is 0. The summed E-state index contributed by atoms with van der Waals surface area (Å²) >= 11 is 6.66. The fourth-order valence-corrected chi connectivity index (χ4v) is 6.44. The van der Waals surface area contributed by atoms with Crippen LogP contribution in [0, 0.1) is 17.3 Å². The second-order valence-electron chi connectivity index (χ2n) is 6.53. The Morgan fingerprint density at radius 1 is 1.27 bits per heavy atom. The van der Waals surface area contributed by atoms with Crippen LogP contribution in [0.3, 0.4) is 0 Å². The normalized spacial score (nSPS) is 33.7. The van der Waals surface area contributed by atoms with Gasteiger partial charge in [-0.3, -0.25) is 0 Å². The summed E-state index contributed by atoms with van der Waals surface area (Å²) in [5.74, 6) is 1.32. The molecule has 2 aliphatic carbocycles. The molecule has 2 aliphatic rings. The minimum atomic E-state index is -1.27. The van der Waals surface area contributed by atoms with Crippen LogP contribution in [-0.4, -0.2) is 8.07 Å². The van der Waals surface area contributed by atoms with Gasteiger partial charge in [-0.15, -0.1) is 0 Å². The van der Waals surface area contributed by atoms with Gasteiger partial charge in [0.15, 0.2) is 0 Å². The maximum atomic E-state index is 6.66. The van der Waals surface area contributed by atoms with Gasteiger partial charge >= 0.3 is 0 Å². The summed E-state index contributed by atoms with van der Waals surface area (Å²) < 4.78 is 0. The number of hydrogen-bond acceptors (Lipinski definition) is 0. The molecule has 2 rings (SSSR count). The van der Waals surface area contributed by atoms with Crippen molar-refractivity contribution in [2.24, 2.45) is 17.3 Å². The monoisotopic (exact) mass is 240 g/mol. The number of rotatable bonds is 1. The third kappa shape index (κ3) is 1.64. The Morgan fingerprint density at radius 3 is 2.40 bits per heavy atom. The van der Waals surface area contributed by atoms with Crippen LogP contribution < -0.4 is 0 Å². The largest absolute Gasteiger partial charge is 0.0890 e. The Labute approximate surface area is 99.4 Å². The maximum absolute atomic E-state index is 6.66. The molecule has 2 bridgehead atoms. The first-order valence-electron chi connectivity index (χ1n) is 5.83. The fraction of sp³-hybridized carbons (Fsp3) is 0.692. The third-order valence-corrected chi connectivity index (χ3v) is 7.08. The second-order valence-corrected chi connectivity index (χ2v) is 11.9. The molecule has 0 aromatic rings. The quantitative estimate of drug-likeness (QED) is 0.465. The van der Waals surface area contributed by atoms with E-state index in [1.165, 1.54) is 11.5 Å². The van der Waals surface area contributed by atoms with E-state index in [0.717, 1.165) is 0 Å². The molecule has 0 fully saturated rings. The summed E-state index contributed by atoms with van der Waals surface area (Å²) in [6.07, 6.45) is 6.08. The predicted molar refractivity (Wildman–Crippen MR) is 70.7 cm³/mol. The van der Waals surface area contributed by atoms with Gasteiger partial charge in [-0.05, 0) is 18.3 Å². The standard InChI is InChI=1S/C13H21ClSi/c1-13(2)10-7-6-9(8-10)11(12(13)14)15(3,4)5/h6-7,9-10H,8H2,1-5H3/t9-,10+/m0/s1. The zero-order valence-corrected chi connectivity index (χ0v) is 12.2. The van der Waals surface area contributed by atoms with E-state index >= 15 is 0 Å². The van der Waals surface area contributed by atoms with Crippen molar-refractivity contribution in [3.05, 3.63) is 22.4 Å². The smallest absolute Gasteiger partial charge is 0.0747 e. The van der Waals surface area contributed by atoms with Crippen molar-refractivity contribution < 1.29 is 0 Å². The minimum absolute atomic E-state index is 0.167. The van der Waals surface area contributed by atoms with Crippen LogP contribution >= 0.6 is 11.6 Å². The zero-order valence-electron chi connectivity index (χ0n) is 10.4. The Kier molecular flexibility index (Phi) is 2.48. The van der Waals surface area contributed by atoms with Crippen LogP contribution in [0.2, 0.25) is 19.6 Å². The van der Waals surface area contributed by atoms with E-state index in [4.69, 9.17) is 11.6 Å². The van der Waals surface area contributed by atoms with E-state index in [2.05, 4.69) is 45.6 Å². The van der Waals surface area contributed by atoms with E-state index < -0.39 is 8.07 Å². The van der Waals surface area contributed by atoms with Crippen molar-refractivity contribution in [1.29, 1.82) is 0 Å². The first-order valence-corrected chi connectivity index (χ1v) is 9.71. The van der Waals surface area contributed by atoms with Crippen molar-refractivity contribution in [2.75, 3.05) is 0 Å². The predicted octanol–water partition coefficient (Wildman–Crippen LogP) is 4.59. The average molecular weight is 241 g/mol. The van der Waals surface area contributed by atoms with Crippen LogP contribution in [0.5, 0.6) is 0 Å². The zero-order chi connectivity index (χ0) is 11.4. The molecule has 0 aromatic heterocycles. The summed E-state index contributed by atoms with van der Waals surface area (Å²) in [5, 5.41) is 2.77. The molecule has 0 saturated carbocycles. The number of hydrogen-bond donors (Lipinski definition) is 0. The lowest BCUT2D eigenvalue weighted by Gasteiger charge is -2.41. The number of halogens is 1. The number of fused-ring (bicyclic) bond motifs is 2. The van der Waals surface area contributed by atoms with Gasteiger partial charge in [0.1, 0.15) is 0 Å². The van der Waals surface area contributed by atoms with Crippen molar-refractivity contribution in [3.8, 4) is 0 Å². The first kappa shape index (κ1) is 11.5. The van der Waals surface area contributed by atoms with Crippen molar-refractivity contribution >= 4 is 19.7 Å². The third-order valence-electron chi connectivity index (χ3n) is 3.99. The molecule has 0 unspecified atom stereocenters. The fourth-order valence-electron chi connectivity index (χ4n) is 3.01. The summed E-state index contributed by atoms with van der Waals surface area (Å²) in [7, 11) is -1.27. The molecule has 0 amide bonds.